The number of allylic oxidation sites excluding steroid dienone is 1. The fraction of sp³-hybridized carbons (Fsp3) is 0.940. The van der Waals surface area contributed by atoms with Gasteiger partial charge in [0.2, 0.25) is 0 Å². The highest BCUT2D eigenvalue weighted by atomic mass is 16.7. The molecular weight excluding hydrogens is 695 g/mol. The number of nitrogens with zero attached hydrogens (tertiary/aromatic N) is 1. The summed E-state index contributed by atoms with van der Waals surface area (Å²) >= 11 is 0. The fourth-order valence-corrected chi connectivity index (χ4v) is 8.33. The van der Waals surface area contributed by atoms with E-state index in [1.54, 1.807) is 0 Å². The van der Waals surface area contributed by atoms with Crippen LogP contribution in [0.3, 0.4) is 0 Å². The highest BCUT2D eigenvalue weighted by Crippen LogP contribution is 2.35. The van der Waals surface area contributed by atoms with Crippen LogP contribution in [-0.4, -0.2) is 63.2 Å². The minimum absolute atomic E-state index is 0.0468. The highest BCUT2D eigenvalue weighted by Gasteiger charge is 2.40. The molecule has 1 saturated heterocycles. The van der Waals surface area contributed by atoms with Crippen LogP contribution >= 0.6 is 0 Å². The number of rotatable bonds is 42. The van der Waals surface area contributed by atoms with Gasteiger partial charge < -0.3 is 23.8 Å². The van der Waals surface area contributed by atoms with E-state index in [0.717, 1.165) is 102 Å². The van der Waals surface area contributed by atoms with Crippen molar-refractivity contribution >= 4 is 5.97 Å². The van der Waals surface area contributed by atoms with Crippen LogP contribution in [0.2, 0.25) is 0 Å². The van der Waals surface area contributed by atoms with E-state index in [1.165, 1.54) is 128 Å². The number of hydrogen-bond donors (Lipinski definition) is 0. The summed E-state index contributed by atoms with van der Waals surface area (Å²) in [5, 5.41) is 0. The third-order valence-electron chi connectivity index (χ3n) is 12.2. The van der Waals surface area contributed by atoms with Crippen molar-refractivity contribution < 1.29 is 23.7 Å². The first-order valence-electron chi connectivity index (χ1n) is 24.7. The molecule has 56 heavy (non-hydrogen) atoms. The van der Waals surface area contributed by atoms with E-state index >= 15 is 0 Å². The van der Waals surface area contributed by atoms with E-state index < -0.39 is 5.79 Å². The molecule has 0 aromatic heterocycles. The van der Waals surface area contributed by atoms with Crippen LogP contribution in [0.5, 0.6) is 0 Å². The molecule has 332 valence electrons. The molecule has 6 heteroatoms. The minimum atomic E-state index is -0.487. The van der Waals surface area contributed by atoms with Gasteiger partial charge in [-0.1, -0.05) is 163 Å². The smallest absolute Gasteiger partial charge is 0.308 e. The minimum Gasteiger partial charge on any atom is -0.498 e. The van der Waals surface area contributed by atoms with Gasteiger partial charge in [0.15, 0.2) is 5.79 Å². The Bertz CT molecular complexity index is 837. The second kappa shape index (κ2) is 36.9. The Labute approximate surface area is 349 Å². The lowest BCUT2D eigenvalue weighted by Gasteiger charge is -2.29. The molecule has 1 aliphatic rings. The molecule has 0 N–H and O–H groups in total. The number of ether oxygens (including phenoxy) is 4. The van der Waals surface area contributed by atoms with Gasteiger partial charge in [-0.25, -0.2) is 0 Å². The summed E-state index contributed by atoms with van der Waals surface area (Å²) in [6, 6.07) is 0. The van der Waals surface area contributed by atoms with Gasteiger partial charge in [-0.15, -0.1) is 0 Å². The summed E-state index contributed by atoms with van der Waals surface area (Å²) in [6.45, 7) is 16.5. The third kappa shape index (κ3) is 28.3. The number of carbonyl (C=O) groups is 1. The molecular formula is C50H97NO5. The summed E-state index contributed by atoms with van der Waals surface area (Å²) in [7, 11) is 4.25. The normalized spacial score (nSPS) is 18.1. The van der Waals surface area contributed by atoms with Gasteiger partial charge in [-0.05, 0) is 84.7 Å². The topological polar surface area (TPSA) is 57.2 Å². The predicted octanol–water partition coefficient (Wildman–Crippen LogP) is 14.9. The van der Waals surface area contributed by atoms with Crippen LogP contribution in [0.15, 0.2) is 12.3 Å². The van der Waals surface area contributed by atoms with Crippen LogP contribution in [0, 0.1) is 11.8 Å². The molecule has 1 rings (SSSR count). The van der Waals surface area contributed by atoms with E-state index in [-0.39, 0.29) is 18.0 Å². The maximum absolute atomic E-state index is 13.1. The number of esters is 1. The molecule has 6 nitrogen and oxygen atoms in total. The maximum Gasteiger partial charge on any atom is 0.308 e. The zero-order chi connectivity index (χ0) is 41.0. The van der Waals surface area contributed by atoms with Crippen LogP contribution in [0.1, 0.15) is 240 Å². The van der Waals surface area contributed by atoms with E-state index in [9.17, 15) is 4.79 Å². The molecule has 1 heterocycles. The molecule has 4 unspecified atom stereocenters. The van der Waals surface area contributed by atoms with Gasteiger partial charge in [0.05, 0.1) is 37.6 Å². The van der Waals surface area contributed by atoms with Gasteiger partial charge in [-0.2, -0.15) is 0 Å². The van der Waals surface area contributed by atoms with Crippen molar-refractivity contribution in [1.82, 2.24) is 4.90 Å². The molecule has 0 amide bonds. The van der Waals surface area contributed by atoms with Crippen LogP contribution < -0.4 is 0 Å². The van der Waals surface area contributed by atoms with Crippen molar-refractivity contribution in [2.75, 3.05) is 40.5 Å². The van der Waals surface area contributed by atoms with Crippen molar-refractivity contribution in [2.45, 2.75) is 251 Å². The second-order valence-corrected chi connectivity index (χ2v) is 17.9. The van der Waals surface area contributed by atoms with Gasteiger partial charge in [0.25, 0.3) is 0 Å². The highest BCUT2D eigenvalue weighted by molar-refractivity contribution is 5.72. The lowest BCUT2D eigenvalue weighted by atomic mass is 9.93. The van der Waals surface area contributed by atoms with E-state index in [2.05, 4.69) is 53.3 Å². The van der Waals surface area contributed by atoms with Gasteiger partial charge in [-0.3, -0.25) is 4.79 Å². The molecule has 1 aliphatic heterocycles. The van der Waals surface area contributed by atoms with Crippen LogP contribution in [-0.2, 0) is 23.7 Å². The van der Waals surface area contributed by atoms with Crippen LogP contribution in [0.25, 0.3) is 0 Å². The standard InChI is InChI=1S/C50H97NO5/c1-8-12-16-20-22-28-35-46(34-26-18-14-10-3)45(5)53-42-32-24-30-39-50(55-44-48(56-50)38-41-51(6)7)40-31-25-33-43-54-49(52)47(36-27-19-15-11-4)37-29-23-21-17-13-9-2/h46-48H,5,8-44H2,1-4,6-7H3. The summed E-state index contributed by atoms with van der Waals surface area (Å²) in [4.78, 5) is 15.4. The summed E-state index contributed by atoms with van der Waals surface area (Å²) < 4.78 is 25.5. The molecule has 1 fully saturated rings. The average Bonchev–Trinajstić information content (AvgIpc) is 3.60. The molecule has 0 bridgehead atoms. The Morgan fingerprint density at radius 2 is 1.00 bits per heavy atom. The number of unbranched alkanes of at least 4 members (excludes halogenated alkanes) is 20. The van der Waals surface area contributed by atoms with Crippen molar-refractivity contribution in [3.8, 4) is 0 Å². The summed E-state index contributed by atoms with van der Waals surface area (Å²) in [5.74, 6) is 1.17. The predicted molar refractivity (Wildman–Crippen MR) is 240 cm³/mol. The van der Waals surface area contributed by atoms with Crippen molar-refractivity contribution in [1.29, 1.82) is 0 Å². The Hall–Kier alpha value is -1.11. The van der Waals surface area contributed by atoms with E-state index in [0.29, 0.717) is 19.1 Å². The van der Waals surface area contributed by atoms with Gasteiger partial charge >= 0.3 is 5.97 Å². The monoisotopic (exact) mass is 792 g/mol. The molecule has 0 aliphatic carbocycles. The first-order valence-corrected chi connectivity index (χ1v) is 24.7. The largest absolute Gasteiger partial charge is 0.498 e. The lowest BCUT2D eigenvalue weighted by Crippen LogP contribution is -2.31. The Morgan fingerprint density at radius 3 is 1.48 bits per heavy atom. The molecule has 0 saturated carbocycles. The second-order valence-electron chi connectivity index (χ2n) is 17.9. The first kappa shape index (κ1) is 52.9. The SMILES string of the molecule is C=C(OCCCCCC1(CCCCCOC(=O)C(CCCCCC)CCCCCCCC)OCC(CCN(C)C)O1)C(CCCCCC)CCCCCCCC. The quantitative estimate of drug-likeness (QED) is 0.0349. The molecule has 0 aromatic carbocycles. The molecule has 0 radical (unpaired) electrons. The Morgan fingerprint density at radius 1 is 0.589 bits per heavy atom. The van der Waals surface area contributed by atoms with E-state index in [4.69, 9.17) is 18.9 Å². The van der Waals surface area contributed by atoms with Crippen LogP contribution in [0.4, 0.5) is 0 Å². The Balaban J connectivity index is 2.53. The Kier molecular flexibility index (Phi) is 34.9. The van der Waals surface area contributed by atoms with Crippen molar-refractivity contribution in [3.05, 3.63) is 12.3 Å². The lowest BCUT2D eigenvalue weighted by molar-refractivity contribution is -0.180. The first-order chi connectivity index (χ1) is 27.3. The third-order valence-corrected chi connectivity index (χ3v) is 12.2. The molecule has 0 aromatic rings. The zero-order valence-electron chi connectivity index (χ0n) is 38.6. The van der Waals surface area contributed by atoms with Crippen molar-refractivity contribution in [3.63, 3.8) is 0 Å². The average molecular weight is 792 g/mol. The zero-order valence-corrected chi connectivity index (χ0v) is 38.6. The number of hydrogen-bond acceptors (Lipinski definition) is 6. The van der Waals surface area contributed by atoms with Gasteiger partial charge in [0.1, 0.15) is 0 Å². The number of carbonyl (C=O) groups excluding carboxylic acids is 1. The van der Waals surface area contributed by atoms with Crippen molar-refractivity contribution in [2.24, 2.45) is 11.8 Å². The summed E-state index contributed by atoms with van der Waals surface area (Å²) in [5.41, 5.74) is 0. The molecule has 4 atom stereocenters. The fourth-order valence-electron chi connectivity index (χ4n) is 8.33. The maximum atomic E-state index is 13.1. The molecule has 0 spiro atoms. The van der Waals surface area contributed by atoms with E-state index in [1.807, 2.05) is 0 Å². The summed E-state index contributed by atoms with van der Waals surface area (Å²) in [6.07, 6.45) is 39.3. The van der Waals surface area contributed by atoms with Gasteiger partial charge in [0, 0.05) is 25.3 Å².